The van der Waals surface area contributed by atoms with Gasteiger partial charge >= 0.3 is 0 Å². The predicted molar refractivity (Wildman–Crippen MR) is 48.9 cm³/mol. The van der Waals surface area contributed by atoms with Crippen molar-refractivity contribution in [1.82, 2.24) is 0 Å². The lowest BCUT2D eigenvalue weighted by Gasteiger charge is -2.00. The molecule has 1 aromatic rings. The van der Waals surface area contributed by atoms with Gasteiger partial charge in [0.25, 0.3) is 0 Å². The van der Waals surface area contributed by atoms with Gasteiger partial charge in [-0.2, -0.15) is 5.26 Å². The van der Waals surface area contributed by atoms with Gasteiger partial charge in [-0.05, 0) is 19.1 Å². The molecule has 0 spiro atoms. The van der Waals surface area contributed by atoms with Crippen molar-refractivity contribution >= 4 is 21.7 Å². The van der Waals surface area contributed by atoms with E-state index in [-0.39, 0.29) is 5.78 Å². The van der Waals surface area contributed by atoms with Gasteiger partial charge in [0.15, 0.2) is 5.78 Å². The minimum atomic E-state index is -0.0981. The summed E-state index contributed by atoms with van der Waals surface area (Å²) >= 11 is 3.22. The highest BCUT2D eigenvalue weighted by Gasteiger charge is 2.09. The van der Waals surface area contributed by atoms with Gasteiger partial charge in [0.1, 0.15) is 0 Å². The van der Waals surface area contributed by atoms with E-state index in [9.17, 15) is 4.79 Å². The smallest absolute Gasteiger partial charge is 0.162 e. The first kappa shape index (κ1) is 8.95. The summed E-state index contributed by atoms with van der Waals surface area (Å²) in [5.41, 5.74) is 0.872. The number of nitrogens with zero attached hydrogens (tertiary/aromatic N) is 1. The zero-order chi connectivity index (χ0) is 9.14. The normalized spacial score (nSPS) is 9.08. The fraction of sp³-hybridized carbons (Fsp3) is 0.111. The standard InChI is InChI=1S/C9H6BrNO/c1-6(12)9-7(5-11)3-2-4-8(9)10/h2-4H,1H3. The van der Waals surface area contributed by atoms with Gasteiger partial charge in [-0.3, -0.25) is 4.79 Å². The van der Waals surface area contributed by atoms with E-state index in [1.54, 1.807) is 18.2 Å². The van der Waals surface area contributed by atoms with Crippen LogP contribution in [-0.2, 0) is 0 Å². The van der Waals surface area contributed by atoms with Crippen molar-refractivity contribution in [2.24, 2.45) is 0 Å². The third kappa shape index (κ3) is 1.54. The Labute approximate surface area is 78.9 Å². The van der Waals surface area contributed by atoms with Gasteiger partial charge < -0.3 is 0 Å². The van der Waals surface area contributed by atoms with Crippen LogP contribution < -0.4 is 0 Å². The fourth-order valence-electron chi connectivity index (χ4n) is 0.975. The molecule has 0 aromatic heterocycles. The molecule has 0 amide bonds. The quantitative estimate of drug-likeness (QED) is 0.687. The number of carbonyl (C=O) groups excluding carboxylic acids is 1. The van der Waals surface area contributed by atoms with Gasteiger partial charge in [0, 0.05) is 10.0 Å². The molecule has 0 unspecified atom stereocenters. The molecule has 0 saturated carbocycles. The molecule has 1 aromatic carbocycles. The molecule has 0 saturated heterocycles. The molecule has 0 aliphatic rings. The lowest BCUT2D eigenvalue weighted by molar-refractivity contribution is 0.101. The highest BCUT2D eigenvalue weighted by molar-refractivity contribution is 9.10. The van der Waals surface area contributed by atoms with Crippen molar-refractivity contribution in [1.29, 1.82) is 5.26 Å². The molecule has 12 heavy (non-hydrogen) atoms. The first-order valence-electron chi connectivity index (χ1n) is 3.36. The van der Waals surface area contributed by atoms with Crippen LogP contribution in [0.25, 0.3) is 0 Å². The minimum Gasteiger partial charge on any atom is -0.294 e. The first-order chi connectivity index (χ1) is 5.66. The average molecular weight is 224 g/mol. The van der Waals surface area contributed by atoms with Crippen molar-refractivity contribution in [2.45, 2.75) is 6.92 Å². The lowest BCUT2D eigenvalue weighted by atomic mass is 10.1. The molecule has 0 heterocycles. The second kappa shape index (κ2) is 3.51. The molecule has 2 nitrogen and oxygen atoms in total. The summed E-state index contributed by atoms with van der Waals surface area (Å²) < 4.78 is 0.675. The van der Waals surface area contributed by atoms with E-state index in [2.05, 4.69) is 15.9 Å². The minimum absolute atomic E-state index is 0.0981. The molecular weight excluding hydrogens is 218 g/mol. The van der Waals surface area contributed by atoms with Crippen molar-refractivity contribution in [3.05, 3.63) is 33.8 Å². The number of ketones is 1. The average Bonchev–Trinajstić information content (AvgIpc) is 2.03. The van der Waals surface area contributed by atoms with Crippen LogP contribution in [0.4, 0.5) is 0 Å². The van der Waals surface area contributed by atoms with E-state index < -0.39 is 0 Å². The maximum atomic E-state index is 11.1. The lowest BCUT2D eigenvalue weighted by Crippen LogP contribution is -1.97. The van der Waals surface area contributed by atoms with Gasteiger partial charge in [-0.1, -0.05) is 22.0 Å². The van der Waals surface area contributed by atoms with Crippen LogP contribution in [0.3, 0.4) is 0 Å². The third-order valence-electron chi connectivity index (χ3n) is 1.49. The van der Waals surface area contributed by atoms with E-state index in [0.717, 1.165) is 0 Å². The van der Waals surface area contributed by atoms with Gasteiger partial charge in [-0.15, -0.1) is 0 Å². The third-order valence-corrected chi connectivity index (χ3v) is 2.15. The molecule has 1 rings (SSSR count). The number of Topliss-reactive ketones (excluding diaryl/α,β-unsaturated/α-hetero) is 1. The summed E-state index contributed by atoms with van der Waals surface area (Å²) in [5.74, 6) is -0.0981. The van der Waals surface area contributed by atoms with E-state index >= 15 is 0 Å². The Bertz CT molecular complexity index is 365. The zero-order valence-corrected chi connectivity index (χ0v) is 8.05. The van der Waals surface area contributed by atoms with Crippen LogP contribution in [0.2, 0.25) is 0 Å². The van der Waals surface area contributed by atoms with E-state index in [1.807, 2.05) is 6.07 Å². The molecule has 0 aliphatic carbocycles. The second-order valence-corrected chi connectivity index (χ2v) is 3.18. The summed E-state index contributed by atoms with van der Waals surface area (Å²) in [6, 6.07) is 7.07. The Morgan fingerprint density at radius 2 is 2.25 bits per heavy atom. The molecule has 0 aliphatic heterocycles. The Morgan fingerprint density at radius 3 is 2.67 bits per heavy atom. The van der Waals surface area contributed by atoms with Crippen LogP contribution in [0.15, 0.2) is 22.7 Å². The predicted octanol–water partition coefficient (Wildman–Crippen LogP) is 2.52. The summed E-state index contributed by atoms with van der Waals surface area (Å²) in [6.07, 6.45) is 0. The fourth-order valence-corrected chi connectivity index (χ4v) is 1.62. The van der Waals surface area contributed by atoms with Crippen molar-refractivity contribution in [2.75, 3.05) is 0 Å². The highest BCUT2D eigenvalue weighted by atomic mass is 79.9. The Hall–Kier alpha value is -1.14. The zero-order valence-electron chi connectivity index (χ0n) is 6.47. The molecule has 0 radical (unpaired) electrons. The van der Waals surface area contributed by atoms with Crippen molar-refractivity contribution in [3.8, 4) is 6.07 Å². The first-order valence-corrected chi connectivity index (χ1v) is 4.15. The molecule has 0 atom stereocenters. The summed E-state index contributed by atoms with van der Waals surface area (Å²) in [5, 5.41) is 8.67. The second-order valence-electron chi connectivity index (χ2n) is 2.33. The number of hydrogen-bond acceptors (Lipinski definition) is 2. The summed E-state index contributed by atoms with van der Waals surface area (Å²) in [6.45, 7) is 1.45. The maximum Gasteiger partial charge on any atom is 0.162 e. The van der Waals surface area contributed by atoms with Gasteiger partial charge in [0.05, 0.1) is 11.6 Å². The Kier molecular flexibility index (Phi) is 2.61. The number of nitriles is 1. The number of rotatable bonds is 1. The topological polar surface area (TPSA) is 40.9 Å². The van der Waals surface area contributed by atoms with Crippen LogP contribution in [-0.4, -0.2) is 5.78 Å². The SMILES string of the molecule is CC(=O)c1c(Br)cccc1C#N. The molecule has 0 N–H and O–H groups in total. The van der Waals surface area contributed by atoms with Crippen molar-refractivity contribution in [3.63, 3.8) is 0 Å². The molecule has 3 heteroatoms. The van der Waals surface area contributed by atoms with Crippen LogP contribution in [0, 0.1) is 11.3 Å². The highest BCUT2D eigenvalue weighted by Crippen LogP contribution is 2.20. The number of benzene rings is 1. The van der Waals surface area contributed by atoms with Crippen LogP contribution in [0.5, 0.6) is 0 Å². The van der Waals surface area contributed by atoms with Crippen LogP contribution in [0.1, 0.15) is 22.8 Å². The molecular formula is C9H6BrNO. The molecule has 0 fully saturated rings. The largest absolute Gasteiger partial charge is 0.294 e. The summed E-state index contributed by atoms with van der Waals surface area (Å²) in [4.78, 5) is 11.1. The van der Waals surface area contributed by atoms with Gasteiger partial charge in [-0.25, -0.2) is 0 Å². The van der Waals surface area contributed by atoms with Gasteiger partial charge in [0.2, 0.25) is 0 Å². The Balaban J connectivity index is 3.42. The van der Waals surface area contributed by atoms with E-state index in [1.165, 1.54) is 6.92 Å². The van der Waals surface area contributed by atoms with E-state index in [4.69, 9.17) is 5.26 Å². The van der Waals surface area contributed by atoms with E-state index in [0.29, 0.717) is 15.6 Å². The van der Waals surface area contributed by atoms with Crippen molar-refractivity contribution < 1.29 is 4.79 Å². The van der Waals surface area contributed by atoms with Crippen LogP contribution >= 0.6 is 15.9 Å². The maximum absolute atomic E-state index is 11.1. The number of hydrogen-bond donors (Lipinski definition) is 0. The monoisotopic (exact) mass is 223 g/mol. The molecule has 0 bridgehead atoms. The Morgan fingerprint density at radius 1 is 1.58 bits per heavy atom. The number of carbonyl (C=O) groups is 1. The summed E-state index contributed by atoms with van der Waals surface area (Å²) in [7, 11) is 0. The molecule has 60 valence electrons. The number of halogens is 1.